The van der Waals surface area contributed by atoms with E-state index < -0.39 is 0 Å². The Morgan fingerprint density at radius 1 is 1.33 bits per heavy atom. The summed E-state index contributed by atoms with van der Waals surface area (Å²) in [6, 6.07) is 0.0991. The molecule has 2 aliphatic heterocycles. The molecule has 2 atom stereocenters. The molecule has 4 rings (SSSR count). The van der Waals surface area contributed by atoms with Crippen LogP contribution in [0, 0.1) is 11.8 Å². The molecule has 0 aromatic carbocycles. The van der Waals surface area contributed by atoms with Gasteiger partial charge in [0.1, 0.15) is 10.8 Å². The summed E-state index contributed by atoms with van der Waals surface area (Å²) in [4.78, 5) is 19.2. The fourth-order valence-electron chi connectivity index (χ4n) is 3.77. The second-order valence-electron chi connectivity index (χ2n) is 7.02. The van der Waals surface area contributed by atoms with Crippen molar-refractivity contribution in [1.29, 1.82) is 0 Å². The van der Waals surface area contributed by atoms with Crippen molar-refractivity contribution < 1.29 is 4.79 Å². The highest BCUT2D eigenvalue weighted by atomic mass is 32.1. The van der Waals surface area contributed by atoms with Crippen molar-refractivity contribution in [3.63, 3.8) is 0 Å². The SMILES string of the molecule is CC(C)NC(=O)c1nnc2n1C[C@H]1CN(Cc3nccs3)C[C@@H]1C2. The van der Waals surface area contributed by atoms with Gasteiger partial charge in [0.15, 0.2) is 0 Å². The lowest BCUT2D eigenvalue weighted by Gasteiger charge is -2.25. The molecule has 2 aromatic rings. The minimum absolute atomic E-state index is 0.0991. The first-order chi connectivity index (χ1) is 11.6. The van der Waals surface area contributed by atoms with Crippen molar-refractivity contribution in [3.05, 3.63) is 28.2 Å². The first-order valence-electron chi connectivity index (χ1n) is 8.44. The van der Waals surface area contributed by atoms with Crippen LogP contribution in [0.3, 0.4) is 0 Å². The fraction of sp³-hybridized carbons (Fsp3) is 0.625. The van der Waals surface area contributed by atoms with E-state index in [2.05, 4.69) is 25.4 Å². The van der Waals surface area contributed by atoms with Crippen molar-refractivity contribution in [2.75, 3.05) is 13.1 Å². The number of likely N-dealkylation sites (tertiary alicyclic amines) is 1. The van der Waals surface area contributed by atoms with Crippen LogP contribution in [0.15, 0.2) is 11.6 Å². The van der Waals surface area contributed by atoms with Gasteiger partial charge in [0, 0.05) is 43.7 Å². The monoisotopic (exact) mass is 346 g/mol. The molecule has 4 heterocycles. The highest BCUT2D eigenvalue weighted by Gasteiger charge is 2.39. The molecule has 24 heavy (non-hydrogen) atoms. The molecule has 0 unspecified atom stereocenters. The molecule has 0 spiro atoms. The van der Waals surface area contributed by atoms with E-state index in [0.29, 0.717) is 17.7 Å². The summed E-state index contributed by atoms with van der Waals surface area (Å²) in [5, 5.41) is 14.5. The van der Waals surface area contributed by atoms with Gasteiger partial charge >= 0.3 is 0 Å². The lowest BCUT2D eigenvalue weighted by molar-refractivity contribution is 0.0924. The molecule has 1 saturated heterocycles. The Morgan fingerprint density at radius 2 is 2.17 bits per heavy atom. The van der Waals surface area contributed by atoms with Gasteiger partial charge in [0.05, 0.1) is 6.54 Å². The first kappa shape index (κ1) is 15.7. The van der Waals surface area contributed by atoms with E-state index in [9.17, 15) is 4.79 Å². The lowest BCUT2D eigenvalue weighted by atomic mass is 9.89. The minimum Gasteiger partial charge on any atom is -0.347 e. The van der Waals surface area contributed by atoms with Crippen molar-refractivity contribution in [2.45, 2.75) is 39.4 Å². The predicted molar refractivity (Wildman–Crippen MR) is 90.7 cm³/mol. The molecule has 1 amide bonds. The first-order valence-corrected chi connectivity index (χ1v) is 9.31. The van der Waals surface area contributed by atoms with Crippen molar-refractivity contribution in [1.82, 2.24) is 30.0 Å². The number of amides is 1. The lowest BCUT2D eigenvalue weighted by Crippen LogP contribution is -2.35. The van der Waals surface area contributed by atoms with Crippen molar-refractivity contribution in [3.8, 4) is 0 Å². The van der Waals surface area contributed by atoms with Gasteiger partial charge in [0.25, 0.3) is 5.91 Å². The van der Waals surface area contributed by atoms with Crippen LogP contribution in [0.2, 0.25) is 0 Å². The fourth-order valence-corrected chi connectivity index (χ4v) is 4.42. The van der Waals surface area contributed by atoms with Crippen molar-refractivity contribution >= 4 is 17.2 Å². The number of rotatable bonds is 4. The summed E-state index contributed by atoms with van der Waals surface area (Å²) in [5.74, 6) is 2.43. The number of hydrogen-bond acceptors (Lipinski definition) is 6. The third-order valence-electron chi connectivity index (χ3n) is 4.81. The van der Waals surface area contributed by atoms with Crippen LogP contribution in [-0.4, -0.2) is 49.7 Å². The molecule has 2 aromatic heterocycles. The zero-order valence-corrected chi connectivity index (χ0v) is 14.8. The maximum Gasteiger partial charge on any atom is 0.289 e. The van der Waals surface area contributed by atoms with Gasteiger partial charge in [-0.1, -0.05) is 0 Å². The molecular weight excluding hydrogens is 324 g/mol. The average Bonchev–Trinajstić information content (AvgIpc) is 3.22. The quantitative estimate of drug-likeness (QED) is 0.900. The van der Waals surface area contributed by atoms with E-state index in [-0.39, 0.29) is 11.9 Å². The molecule has 7 nitrogen and oxygen atoms in total. The van der Waals surface area contributed by atoms with Crippen molar-refractivity contribution in [2.24, 2.45) is 11.8 Å². The van der Waals surface area contributed by atoms with Gasteiger partial charge in [-0.15, -0.1) is 21.5 Å². The summed E-state index contributed by atoms with van der Waals surface area (Å²) in [5.41, 5.74) is 0. The van der Waals surface area contributed by atoms with Crippen LogP contribution in [0.25, 0.3) is 0 Å². The largest absolute Gasteiger partial charge is 0.347 e. The molecule has 0 saturated carbocycles. The molecule has 0 aliphatic carbocycles. The number of carbonyl (C=O) groups excluding carboxylic acids is 1. The van der Waals surface area contributed by atoms with Crippen LogP contribution in [-0.2, 0) is 19.5 Å². The van der Waals surface area contributed by atoms with Crippen LogP contribution in [0.4, 0.5) is 0 Å². The van der Waals surface area contributed by atoms with Crippen LogP contribution >= 0.6 is 11.3 Å². The van der Waals surface area contributed by atoms with Gasteiger partial charge in [-0.3, -0.25) is 9.69 Å². The number of carbonyl (C=O) groups is 1. The third kappa shape index (κ3) is 2.95. The third-order valence-corrected chi connectivity index (χ3v) is 5.57. The summed E-state index contributed by atoms with van der Waals surface area (Å²) in [6.45, 7) is 7.79. The predicted octanol–water partition coefficient (Wildman–Crippen LogP) is 1.18. The van der Waals surface area contributed by atoms with E-state index in [1.54, 1.807) is 11.3 Å². The summed E-state index contributed by atoms with van der Waals surface area (Å²) >= 11 is 1.71. The average molecular weight is 346 g/mol. The van der Waals surface area contributed by atoms with Crippen LogP contribution < -0.4 is 5.32 Å². The van der Waals surface area contributed by atoms with Gasteiger partial charge < -0.3 is 9.88 Å². The van der Waals surface area contributed by atoms with Gasteiger partial charge in [-0.25, -0.2) is 4.98 Å². The molecule has 2 aliphatic rings. The maximum absolute atomic E-state index is 12.3. The standard InChI is InChI=1S/C16H22N6OS/c1-10(2)18-16(23)15-20-19-13-5-11-6-21(7-12(11)8-22(13)15)9-14-17-3-4-24-14/h3-4,10-12H,5-9H2,1-2H3,(H,18,23)/t11-,12+/m0/s1. The maximum atomic E-state index is 12.3. The molecule has 1 N–H and O–H groups in total. The van der Waals surface area contributed by atoms with Gasteiger partial charge in [-0.05, 0) is 25.7 Å². The number of thiazole rings is 1. The second kappa shape index (κ2) is 6.25. The Kier molecular flexibility index (Phi) is 4.09. The van der Waals surface area contributed by atoms with Crippen LogP contribution in [0.5, 0.6) is 0 Å². The minimum atomic E-state index is -0.125. The molecule has 0 radical (unpaired) electrons. The number of fused-ring (bicyclic) bond motifs is 2. The smallest absolute Gasteiger partial charge is 0.289 e. The van der Waals surface area contributed by atoms with E-state index in [4.69, 9.17) is 0 Å². The Hall–Kier alpha value is -1.80. The topological polar surface area (TPSA) is 75.9 Å². The molecule has 128 valence electrons. The van der Waals surface area contributed by atoms with Gasteiger partial charge in [-0.2, -0.15) is 0 Å². The van der Waals surface area contributed by atoms with E-state index in [0.717, 1.165) is 38.4 Å². The highest BCUT2D eigenvalue weighted by Crippen LogP contribution is 2.33. The zero-order chi connectivity index (χ0) is 16.7. The number of hydrogen-bond donors (Lipinski definition) is 1. The normalized spacial score (nSPS) is 23.3. The Morgan fingerprint density at radius 3 is 2.92 bits per heavy atom. The molecular formula is C16H22N6OS. The van der Waals surface area contributed by atoms with E-state index in [1.165, 1.54) is 5.01 Å². The molecule has 1 fully saturated rings. The number of aromatic nitrogens is 4. The van der Waals surface area contributed by atoms with E-state index >= 15 is 0 Å². The Labute approximate surface area is 145 Å². The Balaban J connectivity index is 1.46. The highest BCUT2D eigenvalue weighted by molar-refractivity contribution is 7.09. The summed E-state index contributed by atoms with van der Waals surface area (Å²) in [7, 11) is 0. The molecule has 8 heteroatoms. The van der Waals surface area contributed by atoms with Crippen LogP contribution in [0.1, 0.15) is 35.3 Å². The van der Waals surface area contributed by atoms with E-state index in [1.807, 2.05) is 30.0 Å². The number of nitrogens with one attached hydrogen (secondary N) is 1. The summed E-state index contributed by atoms with van der Waals surface area (Å²) in [6.07, 6.45) is 2.77. The zero-order valence-electron chi connectivity index (χ0n) is 14.0. The summed E-state index contributed by atoms with van der Waals surface area (Å²) < 4.78 is 2.02. The van der Waals surface area contributed by atoms with Gasteiger partial charge in [0.2, 0.25) is 5.82 Å². The second-order valence-corrected chi connectivity index (χ2v) is 8.00. The molecule has 0 bridgehead atoms. The Bertz CT molecular complexity index is 725. The number of nitrogens with zero attached hydrogens (tertiary/aromatic N) is 5.